The van der Waals surface area contributed by atoms with E-state index in [9.17, 15) is 19.8 Å². The summed E-state index contributed by atoms with van der Waals surface area (Å²) >= 11 is 0. The maximum absolute atomic E-state index is 13.0. The van der Waals surface area contributed by atoms with Gasteiger partial charge in [-0.25, -0.2) is 4.79 Å². The second kappa shape index (κ2) is 14.4. The molecule has 0 spiro atoms. The lowest BCUT2D eigenvalue weighted by Gasteiger charge is -2.26. The van der Waals surface area contributed by atoms with E-state index in [1.54, 1.807) is 19.2 Å². The highest BCUT2D eigenvalue weighted by Gasteiger charge is 2.30. The van der Waals surface area contributed by atoms with Crippen LogP contribution in [0.3, 0.4) is 0 Å². The Labute approximate surface area is 235 Å². The standard InChI is InChI=1S/C32H37N3O5/c1-40-25-16-14-23(15-17-25)26(18-21-36)31(32(38)39)34-30(24-10-4-2-5-11-24)27-12-6-7-13-28(27)33-29(37)22-35-19-8-3-9-20-35/h2,4-7,10-17,26,31,36H,3,8-9,18-22H2,1H3,(H,33,37)(H,38,39)/t26-,31+/m0/s1. The summed E-state index contributed by atoms with van der Waals surface area (Å²) in [7, 11) is 1.57. The van der Waals surface area contributed by atoms with E-state index in [4.69, 9.17) is 9.73 Å². The predicted molar refractivity (Wildman–Crippen MR) is 156 cm³/mol. The van der Waals surface area contributed by atoms with E-state index in [1.165, 1.54) is 6.42 Å². The molecule has 1 saturated heterocycles. The van der Waals surface area contributed by atoms with E-state index >= 15 is 0 Å². The van der Waals surface area contributed by atoms with Crippen LogP contribution in [0.4, 0.5) is 5.69 Å². The number of carboxylic acids is 1. The van der Waals surface area contributed by atoms with Crippen LogP contribution >= 0.6 is 0 Å². The first kappa shape index (κ1) is 29.0. The van der Waals surface area contributed by atoms with Crippen LogP contribution < -0.4 is 10.1 Å². The molecule has 1 aliphatic rings. The fourth-order valence-corrected chi connectivity index (χ4v) is 5.16. The summed E-state index contributed by atoms with van der Waals surface area (Å²) in [6.07, 6.45) is 3.59. The first-order valence-electron chi connectivity index (χ1n) is 13.7. The number of methoxy groups -OCH3 is 1. The molecule has 3 aromatic rings. The smallest absolute Gasteiger partial charge is 0.329 e. The normalized spacial score (nSPS) is 15.7. The molecule has 210 valence electrons. The first-order chi connectivity index (χ1) is 19.5. The Morgan fingerprint density at radius 1 is 0.950 bits per heavy atom. The molecule has 3 N–H and O–H groups in total. The number of carbonyl (C=O) groups is 2. The van der Waals surface area contributed by atoms with Gasteiger partial charge in [0.25, 0.3) is 0 Å². The molecule has 0 radical (unpaired) electrons. The lowest BCUT2D eigenvalue weighted by Crippen LogP contribution is -2.37. The zero-order valence-electron chi connectivity index (χ0n) is 22.8. The van der Waals surface area contributed by atoms with Gasteiger partial charge in [-0.3, -0.25) is 14.7 Å². The van der Waals surface area contributed by atoms with Crippen LogP contribution in [0.2, 0.25) is 0 Å². The molecule has 4 rings (SSSR count). The van der Waals surface area contributed by atoms with Crippen molar-refractivity contribution in [2.45, 2.75) is 37.6 Å². The summed E-state index contributed by atoms with van der Waals surface area (Å²) in [5.41, 5.74) is 3.12. The Bertz CT molecular complexity index is 1290. The van der Waals surface area contributed by atoms with E-state index < -0.39 is 17.9 Å². The van der Waals surface area contributed by atoms with Crippen molar-refractivity contribution in [1.29, 1.82) is 0 Å². The highest BCUT2D eigenvalue weighted by molar-refractivity contribution is 6.17. The number of nitrogens with one attached hydrogen (secondary N) is 1. The second-order valence-electron chi connectivity index (χ2n) is 9.95. The number of benzene rings is 3. The highest BCUT2D eigenvalue weighted by Crippen LogP contribution is 2.30. The molecule has 3 aromatic carbocycles. The molecule has 0 aliphatic carbocycles. The molecule has 0 bridgehead atoms. The summed E-state index contributed by atoms with van der Waals surface area (Å²) in [4.78, 5) is 32.7. The molecular weight excluding hydrogens is 506 g/mol. The fourth-order valence-electron chi connectivity index (χ4n) is 5.16. The Balaban J connectivity index is 1.74. The SMILES string of the molecule is COc1ccc([C@H](CCO)[C@@H](N=C(c2ccccc2)c2ccccc2NC(=O)CN2CCCCC2)C(=O)O)cc1. The van der Waals surface area contributed by atoms with E-state index in [0.717, 1.165) is 37.1 Å². The van der Waals surface area contributed by atoms with Crippen LogP contribution in [-0.4, -0.2) is 72.1 Å². The number of carboxylic acid groups (broad SMARTS) is 1. The van der Waals surface area contributed by atoms with Crippen LogP contribution in [0, 0.1) is 0 Å². The number of ether oxygens (including phenoxy) is 1. The van der Waals surface area contributed by atoms with Crippen molar-refractivity contribution in [3.63, 3.8) is 0 Å². The van der Waals surface area contributed by atoms with Gasteiger partial charge < -0.3 is 20.3 Å². The number of hydrogen-bond donors (Lipinski definition) is 3. The maximum atomic E-state index is 13.0. The van der Waals surface area contributed by atoms with Gasteiger partial charge in [-0.2, -0.15) is 0 Å². The molecule has 1 amide bonds. The summed E-state index contributed by atoms with van der Waals surface area (Å²) in [5.74, 6) is -1.16. The number of anilines is 1. The van der Waals surface area contributed by atoms with Crippen molar-refractivity contribution < 1.29 is 24.5 Å². The van der Waals surface area contributed by atoms with E-state index in [-0.39, 0.29) is 18.9 Å². The van der Waals surface area contributed by atoms with Crippen molar-refractivity contribution >= 4 is 23.3 Å². The fraction of sp³-hybridized carbons (Fsp3) is 0.344. The Hall–Kier alpha value is -4.01. The number of aliphatic hydroxyl groups is 1. The van der Waals surface area contributed by atoms with Crippen molar-refractivity contribution in [1.82, 2.24) is 4.90 Å². The number of piperidine rings is 1. The number of nitrogens with zero attached hydrogens (tertiary/aromatic N) is 2. The lowest BCUT2D eigenvalue weighted by atomic mass is 9.88. The minimum Gasteiger partial charge on any atom is -0.497 e. The van der Waals surface area contributed by atoms with E-state index in [0.29, 0.717) is 29.3 Å². The first-order valence-corrected chi connectivity index (χ1v) is 13.7. The number of rotatable bonds is 12. The number of amides is 1. The minimum absolute atomic E-state index is 0.118. The maximum Gasteiger partial charge on any atom is 0.329 e. The monoisotopic (exact) mass is 543 g/mol. The van der Waals surface area contributed by atoms with Crippen molar-refractivity contribution in [3.05, 3.63) is 95.6 Å². The van der Waals surface area contributed by atoms with Crippen molar-refractivity contribution in [2.75, 3.05) is 38.7 Å². The molecule has 2 atom stereocenters. The number of hydrogen-bond acceptors (Lipinski definition) is 6. The Morgan fingerprint density at radius 3 is 2.27 bits per heavy atom. The minimum atomic E-state index is -1.19. The van der Waals surface area contributed by atoms with Gasteiger partial charge in [0.2, 0.25) is 5.91 Å². The van der Waals surface area contributed by atoms with Gasteiger partial charge in [0, 0.05) is 23.7 Å². The third-order valence-corrected chi connectivity index (χ3v) is 7.21. The number of likely N-dealkylation sites (tertiary alicyclic amines) is 1. The molecule has 40 heavy (non-hydrogen) atoms. The summed E-state index contributed by atoms with van der Waals surface area (Å²) in [6, 6.07) is 22.7. The zero-order chi connectivity index (χ0) is 28.3. The lowest BCUT2D eigenvalue weighted by molar-refractivity contribution is -0.139. The van der Waals surface area contributed by atoms with Crippen LogP contribution in [0.1, 0.15) is 48.3 Å². The van der Waals surface area contributed by atoms with Crippen LogP contribution in [0.5, 0.6) is 5.75 Å². The Kier molecular flexibility index (Phi) is 10.4. The second-order valence-corrected chi connectivity index (χ2v) is 9.95. The topological polar surface area (TPSA) is 111 Å². The van der Waals surface area contributed by atoms with Gasteiger partial charge in [0.05, 0.1) is 25.1 Å². The quantitative estimate of drug-likeness (QED) is 0.289. The molecule has 8 heteroatoms. The van der Waals surface area contributed by atoms with Crippen molar-refractivity contribution in [3.8, 4) is 5.75 Å². The third kappa shape index (κ3) is 7.55. The number of aliphatic carboxylic acids is 1. The van der Waals surface area contributed by atoms with Crippen LogP contribution in [0.25, 0.3) is 0 Å². The molecule has 1 aliphatic heterocycles. The largest absolute Gasteiger partial charge is 0.497 e. The molecule has 0 unspecified atom stereocenters. The van der Waals surface area contributed by atoms with Gasteiger partial charge >= 0.3 is 5.97 Å². The van der Waals surface area contributed by atoms with Crippen LogP contribution in [-0.2, 0) is 9.59 Å². The zero-order valence-corrected chi connectivity index (χ0v) is 22.8. The van der Waals surface area contributed by atoms with Gasteiger partial charge in [-0.05, 0) is 56.1 Å². The van der Waals surface area contributed by atoms with Gasteiger partial charge in [0.15, 0.2) is 6.04 Å². The molecule has 8 nitrogen and oxygen atoms in total. The van der Waals surface area contributed by atoms with Gasteiger partial charge in [-0.15, -0.1) is 0 Å². The molecule has 1 fully saturated rings. The van der Waals surface area contributed by atoms with E-state index in [1.807, 2.05) is 66.7 Å². The summed E-state index contributed by atoms with van der Waals surface area (Å²) in [6.45, 7) is 1.92. The molecule has 1 heterocycles. The molecular formula is C32H37N3O5. The summed E-state index contributed by atoms with van der Waals surface area (Å²) in [5, 5.41) is 23.3. The highest BCUT2D eigenvalue weighted by atomic mass is 16.5. The van der Waals surface area contributed by atoms with Crippen molar-refractivity contribution in [2.24, 2.45) is 4.99 Å². The Morgan fingerprint density at radius 2 is 1.62 bits per heavy atom. The van der Waals surface area contributed by atoms with Crippen LogP contribution in [0.15, 0.2) is 83.9 Å². The average molecular weight is 544 g/mol. The number of carbonyl (C=O) groups excluding carboxylic acids is 1. The van der Waals surface area contributed by atoms with E-state index in [2.05, 4.69) is 10.2 Å². The number of para-hydroxylation sites is 1. The molecule has 0 aromatic heterocycles. The summed E-state index contributed by atoms with van der Waals surface area (Å²) < 4.78 is 5.26. The average Bonchev–Trinajstić information content (AvgIpc) is 2.98. The predicted octanol–water partition coefficient (Wildman–Crippen LogP) is 4.58. The third-order valence-electron chi connectivity index (χ3n) is 7.21. The number of aliphatic imine (C=N–C) groups is 1. The van der Waals surface area contributed by atoms with Gasteiger partial charge in [0.1, 0.15) is 5.75 Å². The number of aliphatic hydroxyl groups excluding tert-OH is 1. The van der Waals surface area contributed by atoms with Gasteiger partial charge in [-0.1, -0.05) is 67.1 Å². The molecule has 0 saturated carbocycles.